The first-order chi connectivity index (χ1) is 18.0. The molecule has 5 rings (SSSR count). The normalized spacial score (nSPS) is 13.4. The lowest BCUT2D eigenvalue weighted by Crippen LogP contribution is -2.49. The van der Waals surface area contributed by atoms with Gasteiger partial charge in [0.25, 0.3) is 11.8 Å². The average molecular weight is 510 g/mol. The van der Waals surface area contributed by atoms with Crippen LogP contribution in [-0.2, 0) is 0 Å². The summed E-state index contributed by atoms with van der Waals surface area (Å²) in [4.78, 5) is 29.8. The van der Waals surface area contributed by atoms with E-state index in [0.717, 1.165) is 27.9 Å². The third-order valence-electron chi connectivity index (χ3n) is 6.74. The second kappa shape index (κ2) is 10.9. The number of anilines is 2. The van der Waals surface area contributed by atoms with Crippen molar-refractivity contribution in [1.82, 2.24) is 4.90 Å². The van der Waals surface area contributed by atoms with Gasteiger partial charge in [0.2, 0.25) is 0 Å². The van der Waals surface area contributed by atoms with Gasteiger partial charge in [-0.15, -0.1) is 0 Å². The van der Waals surface area contributed by atoms with Crippen molar-refractivity contribution in [3.63, 3.8) is 0 Å². The molecule has 1 saturated heterocycles. The second-order valence-electron chi connectivity index (χ2n) is 9.16. The summed E-state index contributed by atoms with van der Waals surface area (Å²) in [6, 6.07) is 30.9. The molecule has 37 heavy (non-hydrogen) atoms. The molecular formula is C31H28ClN3O2. The number of nitrogens with one attached hydrogen (secondary N) is 1. The van der Waals surface area contributed by atoms with E-state index in [4.69, 9.17) is 11.6 Å². The number of carbonyl (C=O) groups excluding carboxylic acids is 2. The second-order valence-corrected chi connectivity index (χ2v) is 9.57. The molecule has 4 aromatic carbocycles. The van der Waals surface area contributed by atoms with Crippen LogP contribution in [0.1, 0.15) is 26.3 Å². The molecule has 1 fully saturated rings. The monoisotopic (exact) mass is 509 g/mol. The largest absolute Gasteiger partial charge is 0.367 e. The van der Waals surface area contributed by atoms with Crippen LogP contribution in [0.5, 0.6) is 0 Å². The molecule has 0 aliphatic carbocycles. The fourth-order valence-corrected chi connectivity index (χ4v) is 4.92. The number of nitrogens with zero attached hydrogens (tertiary/aromatic N) is 2. The number of hydrogen-bond donors (Lipinski definition) is 1. The van der Waals surface area contributed by atoms with Crippen LogP contribution in [0.3, 0.4) is 0 Å². The topological polar surface area (TPSA) is 52.7 Å². The molecule has 0 spiro atoms. The van der Waals surface area contributed by atoms with Gasteiger partial charge < -0.3 is 15.1 Å². The number of halogens is 1. The molecular weight excluding hydrogens is 482 g/mol. The van der Waals surface area contributed by atoms with Crippen molar-refractivity contribution in [2.24, 2.45) is 0 Å². The summed E-state index contributed by atoms with van der Waals surface area (Å²) in [5.74, 6) is -0.120. The van der Waals surface area contributed by atoms with Crippen LogP contribution < -0.4 is 10.2 Å². The van der Waals surface area contributed by atoms with Crippen LogP contribution in [0.25, 0.3) is 11.1 Å². The lowest BCUT2D eigenvalue weighted by atomic mass is 10.0. The van der Waals surface area contributed by atoms with Gasteiger partial charge in [-0.05, 0) is 60.0 Å². The fourth-order valence-electron chi connectivity index (χ4n) is 4.62. The number of rotatable bonds is 5. The quantitative estimate of drug-likeness (QED) is 0.333. The Balaban J connectivity index is 1.20. The SMILES string of the molecule is Cc1ccccc1C(=O)N1CCN(c2ccc(NC(=O)c3ccc(-c4ccccc4)cc3)cc2Cl)CC1. The Kier molecular flexibility index (Phi) is 7.24. The van der Waals surface area contributed by atoms with E-state index in [1.54, 1.807) is 6.07 Å². The Morgan fingerprint density at radius 1 is 0.757 bits per heavy atom. The summed E-state index contributed by atoms with van der Waals surface area (Å²) < 4.78 is 0. The molecule has 186 valence electrons. The van der Waals surface area contributed by atoms with Gasteiger partial charge in [0, 0.05) is 43.0 Å². The lowest BCUT2D eigenvalue weighted by Gasteiger charge is -2.36. The zero-order valence-electron chi connectivity index (χ0n) is 20.7. The van der Waals surface area contributed by atoms with E-state index in [9.17, 15) is 9.59 Å². The Morgan fingerprint density at radius 3 is 2.08 bits per heavy atom. The molecule has 4 aromatic rings. The van der Waals surface area contributed by atoms with E-state index in [1.807, 2.05) is 103 Å². The summed E-state index contributed by atoms with van der Waals surface area (Å²) in [5, 5.41) is 3.50. The van der Waals surface area contributed by atoms with Crippen molar-refractivity contribution in [3.8, 4) is 11.1 Å². The minimum atomic E-state index is -0.188. The van der Waals surface area contributed by atoms with E-state index >= 15 is 0 Å². The van der Waals surface area contributed by atoms with Crippen molar-refractivity contribution >= 4 is 34.8 Å². The maximum absolute atomic E-state index is 12.9. The first-order valence-electron chi connectivity index (χ1n) is 12.4. The van der Waals surface area contributed by atoms with Crippen molar-refractivity contribution in [2.45, 2.75) is 6.92 Å². The van der Waals surface area contributed by atoms with Crippen LogP contribution in [0.4, 0.5) is 11.4 Å². The van der Waals surface area contributed by atoms with Crippen LogP contribution in [0, 0.1) is 6.92 Å². The number of piperazine rings is 1. The van der Waals surface area contributed by atoms with Gasteiger partial charge in [0.05, 0.1) is 10.7 Å². The highest BCUT2D eigenvalue weighted by atomic mass is 35.5. The molecule has 0 bridgehead atoms. The molecule has 5 nitrogen and oxygen atoms in total. The lowest BCUT2D eigenvalue weighted by molar-refractivity contribution is 0.0746. The first kappa shape index (κ1) is 24.6. The molecule has 0 radical (unpaired) electrons. The third kappa shape index (κ3) is 5.52. The number of hydrogen-bond acceptors (Lipinski definition) is 3. The van der Waals surface area contributed by atoms with E-state index in [0.29, 0.717) is 42.5 Å². The summed E-state index contributed by atoms with van der Waals surface area (Å²) in [6.45, 7) is 4.60. The van der Waals surface area contributed by atoms with Crippen LogP contribution >= 0.6 is 11.6 Å². The minimum Gasteiger partial charge on any atom is -0.367 e. The van der Waals surface area contributed by atoms with Gasteiger partial charge in [-0.1, -0.05) is 72.3 Å². The number of aryl methyl sites for hydroxylation is 1. The van der Waals surface area contributed by atoms with E-state index < -0.39 is 0 Å². The summed E-state index contributed by atoms with van der Waals surface area (Å²) in [5.41, 5.74) is 6.03. The fraction of sp³-hybridized carbons (Fsp3) is 0.161. The predicted molar refractivity (Wildman–Crippen MR) is 151 cm³/mol. The number of benzene rings is 4. The van der Waals surface area contributed by atoms with Crippen molar-refractivity contribution in [3.05, 3.63) is 119 Å². The van der Waals surface area contributed by atoms with Crippen molar-refractivity contribution < 1.29 is 9.59 Å². The average Bonchev–Trinajstić information content (AvgIpc) is 2.94. The number of carbonyl (C=O) groups is 2. The molecule has 6 heteroatoms. The minimum absolute atomic E-state index is 0.0682. The van der Waals surface area contributed by atoms with Gasteiger partial charge in [0.1, 0.15) is 0 Å². The van der Waals surface area contributed by atoms with Crippen molar-refractivity contribution in [1.29, 1.82) is 0 Å². The molecule has 0 unspecified atom stereocenters. The number of amides is 2. The zero-order chi connectivity index (χ0) is 25.8. The molecule has 0 saturated carbocycles. The van der Waals surface area contributed by atoms with Crippen molar-refractivity contribution in [2.75, 3.05) is 36.4 Å². The van der Waals surface area contributed by atoms with Gasteiger partial charge in [-0.2, -0.15) is 0 Å². The van der Waals surface area contributed by atoms with Gasteiger partial charge in [-0.25, -0.2) is 0 Å². The zero-order valence-corrected chi connectivity index (χ0v) is 21.4. The maximum Gasteiger partial charge on any atom is 0.255 e. The van der Waals surface area contributed by atoms with Crippen LogP contribution in [0.15, 0.2) is 97.1 Å². The molecule has 0 aromatic heterocycles. The van der Waals surface area contributed by atoms with E-state index in [1.165, 1.54) is 0 Å². The summed E-state index contributed by atoms with van der Waals surface area (Å²) in [6.07, 6.45) is 0. The van der Waals surface area contributed by atoms with Gasteiger partial charge >= 0.3 is 0 Å². The standard InChI is InChI=1S/C31H28ClN3O2/c1-22-7-5-6-10-27(22)31(37)35-19-17-34(18-20-35)29-16-15-26(21-28(29)32)33-30(36)25-13-11-24(12-14-25)23-8-3-2-4-9-23/h2-16,21H,17-20H2,1H3,(H,33,36). The third-order valence-corrected chi connectivity index (χ3v) is 7.05. The Morgan fingerprint density at radius 2 is 1.41 bits per heavy atom. The van der Waals surface area contributed by atoms with Gasteiger partial charge in [0.15, 0.2) is 0 Å². The highest BCUT2D eigenvalue weighted by Crippen LogP contribution is 2.30. The summed E-state index contributed by atoms with van der Waals surface area (Å²) in [7, 11) is 0. The highest BCUT2D eigenvalue weighted by molar-refractivity contribution is 6.33. The highest BCUT2D eigenvalue weighted by Gasteiger charge is 2.24. The first-order valence-corrected chi connectivity index (χ1v) is 12.7. The molecule has 0 atom stereocenters. The predicted octanol–water partition coefficient (Wildman–Crippen LogP) is 6.53. The van der Waals surface area contributed by atoms with Crippen LogP contribution in [-0.4, -0.2) is 42.9 Å². The maximum atomic E-state index is 12.9. The molecule has 1 heterocycles. The van der Waals surface area contributed by atoms with Crippen LogP contribution in [0.2, 0.25) is 5.02 Å². The Bertz CT molecular complexity index is 1410. The van der Waals surface area contributed by atoms with E-state index in [2.05, 4.69) is 10.2 Å². The molecule has 2 amide bonds. The molecule has 1 aliphatic heterocycles. The summed E-state index contributed by atoms with van der Waals surface area (Å²) >= 11 is 6.62. The molecule has 1 aliphatic rings. The smallest absolute Gasteiger partial charge is 0.255 e. The Labute approximate surface area is 222 Å². The molecule has 1 N–H and O–H groups in total. The Hall–Kier alpha value is -4.09. The van der Waals surface area contributed by atoms with E-state index in [-0.39, 0.29) is 11.8 Å². The van der Waals surface area contributed by atoms with Gasteiger partial charge in [-0.3, -0.25) is 9.59 Å².